The number of benzene rings is 2. The molecule has 0 unspecified atom stereocenters. The molecular weight excluding hydrogens is 372 g/mol. The van der Waals surface area contributed by atoms with E-state index >= 15 is 0 Å². The van der Waals surface area contributed by atoms with Crippen molar-refractivity contribution in [3.05, 3.63) is 72.2 Å². The van der Waals surface area contributed by atoms with Crippen molar-refractivity contribution >= 4 is 16.9 Å². The smallest absolute Gasteiger partial charge is 0.275 e. The Kier molecular flexibility index (Phi) is 5.15. The molecule has 8 heteroatoms. The first-order valence-corrected chi connectivity index (χ1v) is 9.03. The first-order valence-electron chi connectivity index (χ1n) is 9.03. The molecule has 0 atom stereocenters. The minimum atomic E-state index is -0.262. The molecule has 8 nitrogen and oxygen atoms in total. The molecule has 29 heavy (non-hydrogen) atoms. The summed E-state index contributed by atoms with van der Waals surface area (Å²) in [5.74, 6) is 2.07. The molecular formula is C21H20N4O4. The first kappa shape index (κ1) is 18.5. The predicted octanol–water partition coefficient (Wildman–Crippen LogP) is 3.41. The average Bonchev–Trinajstić information content (AvgIpc) is 3.38. The summed E-state index contributed by atoms with van der Waals surface area (Å²) in [6.07, 6.45) is 1.34. The second-order valence-electron chi connectivity index (χ2n) is 6.46. The van der Waals surface area contributed by atoms with Crippen LogP contribution in [0.2, 0.25) is 0 Å². The van der Waals surface area contributed by atoms with Gasteiger partial charge in [-0.15, -0.1) is 0 Å². The van der Waals surface area contributed by atoms with Crippen LogP contribution in [0.4, 0.5) is 0 Å². The number of carbonyl (C=O) groups excluding carboxylic acids is 1. The summed E-state index contributed by atoms with van der Waals surface area (Å²) in [6, 6.07) is 14.9. The number of rotatable bonds is 7. The number of fused-ring (bicyclic) bond motifs is 1. The number of oxazole rings is 1. The van der Waals surface area contributed by atoms with E-state index in [2.05, 4.69) is 15.0 Å². The third kappa shape index (κ3) is 4.21. The van der Waals surface area contributed by atoms with Crippen molar-refractivity contribution in [2.45, 2.75) is 13.2 Å². The number of nitrogens with one attached hydrogen (secondary N) is 1. The van der Waals surface area contributed by atoms with Gasteiger partial charge in [0.1, 0.15) is 23.6 Å². The number of aromatic nitrogens is 3. The van der Waals surface area contributed by atoms with Crippen LogP contribution in [-0.2, 0) is 13.2 Å². The standard InChI is InChI=1S/C21H20N4O4/c1-25(11-19-22-16-8-3-4-9-17(16)23-19)21(26)18-12-29-20(24-18)13-28-15-7-5-6-14(10-15)27-2/h3-10,12H,11,13H2,1-2H3,(H,22,23). The average molecular weight is 392 g/mol. The summed E-state index contributed by atoms with van der Waals surface area (Å²) in [7, 11) is 3.28. The van der Waals surface area contributed by atoms with Gasteiger partial charge in [0.05, 0.1) is 24.7 Å². The number of H-pyrrole nitrogens is 1. The Hall–Kier alpha value is -3.81. The van der Waals surface area contributed by atoms with Crippen LogP contribution >= 0.6 is 0 Å². The lowest BCUT2D eigenvalue weighted by atomic mass is 10.3. The molecule has 4 rings (SSSR count). The van der Waals surface area contributed by atoms with E-state index in [0.29, 0.717) is 29.8 Å². The normalized spacial score (nSPS) is 10.8. The molecule has 2 aromatic heterocycles. The van der Waals surface area contributed by atoms with Gasteiger partial charge in [0.25, 0.3) is 5.91 Å². The quantitative estimate of drug-likeness (QED) is 0.518. The van der Waals surface area contributed by atoms with Gasteiger partial charge in [-0.25, -0.2) is 9.97 Å². The van der Waals surface area contributed by atoms with Crippen molar-refractivity contribution in [1.29, 1.82) is 0 Å². The molecule has 0 saturated heterocycles. The minimum absolute atomic E-state index is 0.105. The largest absolute Gasteiger partial charge is 0.497 e. The monoisotopic (exact) mass is 392 g/mol. The highest BCUT2D eigenvalue weighted by Gasteiger charge is 2.18. The molecule has 1 N–H and O–H groups in total. The van der Waals surface area contributed by atoms with Crippen molar-refractivity contribution in [3.63, 3.8) is 0 Å². The molecule has 0 aliphatic carbocycles. The number of carbonyl (C=O) groups is 1. The maximum absolute atomic E-state index is 12.6. The topological polar surface area (TPSA) is 93.5 Å². The van der Waals surface area contributed by atoms with E-state index in [9.17, 15) is 4.79 Å². The molecule has 148 valence electrons. The SMILES string of the molecule is COc1cccc(OCc2nc(C(=O)N(C)Cc3nc4ccccc4[nH]3)co2)c1. The molecule has 0 aliphatic heterocycles. The highest BCUT2D eigenvalue weighted by molar-refractivity contribution is 5.91. The fourth-order valence-corrected chi connectivity index (χ4v) is 2.88. The van der Waals surface area contributed by atoms with Crippen LogP contribution in [-0.4, -0.2) is 39.9 Å². The van der Waals surface area contributed by atoms with Crippen LogP contribution in [0.1, 0.15) is 22.2 Å². The lowest BCUT2D eigenvalue weighted by Crippen LogP contribution is -2.27. The Morgan fingerprint density at radius 3 is 2.79 bits per heavy atom. The maximum Gasteiger partial charge on any atom is 0.275 e. The van der Waals surface area contributed by atoms with Crippen molar-refractivity contribution in [2.75, 3.05) is 14.2 Å². The number of nitrogens with zero attached hydrogens (tertiary/aromatic N) is 3. The van der Waals surface area contributed by atoms with Gasteiger partial charge in [0, 0.05) is 13.1 Å². The highest BCUT2D eigenvalue weighted by atomic mass is 16.5. The first-order chi connectivity index (χ1) is 14.1. The van der Waals surface area contributed by atoms with Gasteiger partial charge in [-0.2, -0.15) is 0 Å². The van der Waals surface area contributed by atoms with Crippen LogP contribution < -0.4 is 9.47 Å². The van der Waals surface area contributed by atoms with Crippen molar-refractivity contribution < 1.29 is 18.7 Å². The summed E-state index contributed by atoms with van der Waals surface area (Å²) >= 11 is 0. The number of hydrogen-bond donors (Lipinski definition) is 1. The Bertz CT molecular complexity index is 1100. The van der Waals surface area contributed by atoms with E-state index in [4.69, 9.17) is 13.9 Å². The van der Waals surface area contributed by atoms with E-state index in [-0.39, 0.29) is 18.2 Å². The van der Waals surface area contributed by atoms with Crippen molar-refractivity contribution in [2.24, 2.45) is 0 Å². The Morgan fingerprint density at radius 1 is 1.14 bits per heavy atom. The number of aromatic amines is 1. The van der Waals surface area contributed by atoms with E-state index in [1.807, 2.05) is 36.4 Å². The molecule has 0 bridgehead atoms. The Balaban J connectivity index is 1.38. The summed E-state index contributed by atoms with van der Waals surface area (Å²) < 4.78 is 16.2. The van der Waals surface area contributed by atoms with Crippen LogP contribution in [0.25, 0.3) is 11.0 Å². The van der Waals surface area contributed by atoms with Gasteiger partial charge in [-0.05, 0) is 24.3 Å². The third-order valence-electron chi connectivity index (χ3n) is 4.35. The van der Waals surface area contributed by atoms with Gasteiger partial charge in [0.2, 0.25) is 5.89 Å². The predicted molar refractivity (Wildman–Crippen MR) is 106 cm³/mol. The number of imidazole rings is 1. The number of para-hydroxylation sites is 2. The van der Waals surface area contributed by atoms with Crippen LogP contribution in [0.3, 0.4) is 0 Å². The third-order valence-corrected chi connectivity index (χ3v) is 4.35. The molecule has 0 spiro atoms. The molecule has 2 heterocycles. The lowest BCUT2D eigenvalue weighted by Gasteiger charge is -2.13. The molecule has 0 saturated carbocycles. The lowest BCUT2D eigenvalue weighted by molar-refractivity contribution is 0.0776. The summed E-state index contributed by atoms with van der Waals surface area (Å²) in [5, 5.41) is 0. The number of hydrogen-bond acceptors (Lipinski definition) is 6. The second-order valence-corrected chi connectivity index (χ2v) is 6.46. The van der Waals surface area contributed by atoms with E-state index in [1.165, 1.54) is 11.2 Å². The highest BCUT2D eigenvalue weighted by Crippen LogP contribution is 2.20. The molecule has 4 aromatic rings. The number of ether oxygens (including phenoxy) is 2. The number of amides is 1. The summed E-state index contributed by atoms with van der Waals surface area (Å²) in [5.41, 5.74) is 2.01. The number of methoxy groups -OCH3 is 1. The molecule has 2 aromatic carbocycles. The fraction of sp³-hybridized carbons (Fsp3) is 0.190. The van der Waals surface area contributed by atoms with Gasteiger partial charge in [-0.3, -0.25) is 4.79 Å². The van der Waals surface area contributed by atoms with Crippen LogP contribution in [0.5, 0.6) is 11.5 Å². The zero-order chi connectivity index (χ0) is 20.2. The van der Waals surface area contributed by atoms with Gasteiger partial charge < -0.3 is 23.8 Å². The van der Waals surface area contributed by atoms with Gasteiger partial charge in [-0.1, -0.05) is 18.2 Å². The zero-order valence-electron chi connectivity index (χ0n) is 16.1. The minimum Gasteiger partial charge on any atom is -0.497 e. The van der Waals surface area contributed by atoms with Crippen molar-refractivity contribution in [1.82, 2.24) is 19.9 Å². The molecule has 0 aliphatic rings. The van der Waals surface area contributed by atoms with E-state index in [0.717, 1.165) is 11.0 Å². The summed E-state index contributed by atoms with van der Waals surface area (Å²) in [6.45, 7) is 0.434. The van der Waals surface area contributed by atoms with Crippen LogP contribution in [0, 0.1) is 0 Å². The Morgan fingerprint density at radius 2 is 1.97 bits per heavy atom. The molecule has 1 amide bonds. The maximum atomic E-state index is 12.6. The molecule has 0 radical (unpaired) electrons. The van der Waals surface area contributed by atoms with Crippen LogP contribution in [0.15, 0.2) is 59.2 Å². The fourth-order valence-electron chi connectivity index (χ4n) is 2.88. The van der Waals surface area contributed by atoms with Gasteiger partial charge in [0.15, 0.2) is 12.3 Å². The van der Waals surface area contributed by atoms with E-state index < -0.39 is 0 Å². The Labute approximate surface area is 167 Å². The molecule has 0 fully saturated rings. The second kappa shape index (κ2) is 8.05. The summed E-state index contributed by atoms with van der Waals surface area (Å²) in [4.78, 5) is 26.1. The zero-order valence-corrected chi connectivity index (χ0v) is 16.1. The van der Waals surface area contributed by atoms with Crippen molar-refractivity contribution in [3.8, 4) is 11.5 Å². The van der Waals surface area contributed by atoms with E-state index in [1.54, 1.807) is 26.3 Å². The van der Waals surface area contributed by atoms with Gasteiger partial charge >= 0.3 is 0 Å².